The second-order valence-corrected chi connectivity index (χ2v) is 6.70. The number of hydrogen-bond acceptors (Lipinski definition) is 5. The number of sulfone groups is 1. The van der Waals surface area contributed by atoms with Crippen molar-refractivity contribution in [2.75, 3.05) is 6.26 Å². The quantitative estimate of drug-likeness (QED) is 0.636. The van der Waals surface area contributed by atoms with Crippen LogP contribution in [-0.2, 0) is 9.84 Å². The Morgan fingerprint density at radius 2 is 1.95 bits per heavy atom. The number of hydrazine groups is 1. The number of nitrogens with two attached hydrogens (primary N) is 1. The van der Waals surface area contributed by atoms with Crippen molar-refractivity contribution in [3.63, 3.8) is 0 Å². The van der Waals surface area contributed by atoms with Gasteiger partial charge in [0.25, 0.3) is 0 Å². The highest BCUT2D eigenvalue weighted by Gasteiger charge is 2.32. The van der Waals surface area contributed by atoms with Crippen molar-refractivity contribution < 1.29 is 26.3 Å². The molecule has 2 atom stereocenters. The van der Waals surface area contributed by atoms with E-state index in [-0.39, 0.29) is 5.56 Å². The molecule has 0 aromatic heterocycles. The minimum absolute atomic E-state index is 0.284. The van der Waals surface area contributed by atoms with Crippen LogP contribution in [0.3, 0.4) is 0 Å². The third-order valence-corrected chi connectivity index (χ3v) is 4.40. The summed E-state index contributed by atoms with van der Waals surface area (Å²) < 4.78 is 63.2. The Bertz CT molecular complexity index is 560. The third-order valence-electron chi connectivity index (χ3n) is 2.78. The van der Waals surface area contributed by atoms with Crippen molar-refractivity contribution >= 4 is 9.84 Å². The molecule has 1 aromatic rings. The van der Waals surface area contributed by atoms with E-state index in [2.05, 4.69) is 10.2 Å². The highest BCUT2D eigenvalue weighted by molar-refractivity contribution is 7.91. The van der Waals surface area contributed by atoms with E-state index in [0.29, 0.717) is 0 Å². The largest absolute Gasteiger partial charge is 0.573 e. The van der Waals surface area contributed by atoms with E-state index < -0.39 is 33.2 Å². The summed E-state index contributed by atoms with van der Waals surface area (Å²) in [6.07, 6.45) is -3.79. The van der Waals surface area contributed by atoms with Gasteiger partial charge in [0.1, 0.15) is 5.75 Å². The molecule has 0 spiro atoms. The van der Waals surface area contributed by atoms with E-state index in [1.165, 1.54) is 19.1 Å². The lowest BCUT2D eigenvalue weighted by Crippen LogP contribution is -2.38. The lowest BCUT2D eigenvalue weighted by Gasteiger charge is -2.22. The number of benzene rings is 1. The molecule has 1 aromatic carbocycles. The van der Waals surface area contributed by atoms with Crippen molar-refractivity contribution in [3.05, 3.63) is 29.8 Å². The van der Waals surface area contributed by atoms with Crippen LogP contribution in [0.2, 0.25) is 0 Å². The lowest BCUT2D eigenvalue weighted by atomic mass is 10.0. The topological polar surface area (TPSA) is 81.4 Å². The first-order valence-corrected chi connectivity index (χ1v) is 7.51. The van der Waals surface area contributed by atoms with E-state index in [9.17, 15) is 21.6 Å². The zero-order valence-electron chi connectivity index (χ0n) is 10.8. The fourth-order valence-electron chi connectivity index (χ4n) is 1.66. The summed E-state index contributed by atoms with van der Waals surface area (Å²) in [7, 11) is -3.42. The van der Waals surface area contributed by atoms with Gasteiger partial charge in [0.05, 0.1) is 11.3 Å². The van der Waals surface area contributed by atoms with E-state index in [0.717, 1.165) is 18.4 Å². The molecule has 3 N–H and O–H groups in total. The van der Waals surface area contributed by atoms with Gasteiger partial charge in [0.2, 0.25) is 0 Å². The molecule has 2 unspecified atom stereocenters. The van der Waals surface area contributed by atoms with Gasteiger partial charge in [-0.3, -0.25) is 11.3 Å². The maximum Gasteiger partial charge on any atom is 0.573 e. The second kappa shape index (κ2) is 5.98. The summed E-state index contributed by atoms with van der Waals surface area (Å²) in [5, 5.41) is -0.909. The molecule has 0 bridgehead atoms. The van der Waals surface area contributed by atoms with Gasteiger partial charge in [0, 0.05) is 6.26 Å². The van der Waals surface area contributed by atoms with E-state index >= 15 is 0 Å². The Labute approximate surface area is 114 Å². The van der Waals surface area contributed by atoms with Gasteiger partial charge in [-0.2, -0.15) is 0 Å². The molecule has 0 fully saturated rings. The molecule has 0 amide bonds. The van der Waals surface area contributed by atoms with Crippen LogP contribution in [0, 0.1) is 0 Å². The molecule has 0 aliphatic heterocycles. The smallest absolute Gasteiger partial charge is 0.406 e. The van der Waals surface area contributed by atoms with Gasteiger partial charge in [0.15, 0.2) is 9.84 Å². The first-order valence-electron chi connectivity index (χ1n) is 5.55. The van der Waals surface area contributed by atoms with Gasteiger partial charge in [-0.15, -0.1) is 13.2 Å². The van der Waals surface area contributed by atoms with Crippen LogP contribution in [0.15, 0.2) is 24.3 Å². The Kier molecular flexibility index (Phi) is 5.00. The third kappa shape index (κ3) is 4.66. The number of hydrogen-bond donors (Lipinski definition) is 2. The molecule has 5 nitrogen and oxygen atoms in total. The molecule has 0 saturated heterocycles. The zero-order valence-corrected chi connectivity index (χ0v) is 11.6. The van der Waals surface area contributed by atoms with Crippen LogP contribution < -0.4 is 16.0 Å². The first-order chi connectivity index (χ1) is 9.04. The van der Waals surface area contributed by atoms with E-state index in [1.54, 1.807) is 0 Å². The number of halogens is 3. The molecule has 0 aliphatic rings. The van der Waals surface area contributed by atoms with Gasteiger partial charge in [-0.05, 0) is 24.6 Å². The zero-order chi connectivity index (χ0) is 15.6. The molecule has 0 aliphatic carbocycles. The SMILES string of the molecule is CC(C(NN)c1cccc(OC(F)(F)F)c1)S(C)(=O)=O. The molecule has 1 rings (SSSR count). The van der Waals surface area contributed by atoms with Crippen LogP contribution in [0.5, 0.6) is 5.75 Å². The second-order valence-electron chi connectivity index (χ2n) is 4.30. The van der Waals surface area contributed by atoms with Gasteiger partial charge >= 0.3 is 6.36 Å². The molecule has 0 radical (unpaired) electrons. The fourth-order valence-corrected chi connectivity index (χ4v) is 2.39. The summed E-state index contributed by atoms with van der Waals surface area (Å²) in [6, 6.07) is 4.17. The van der Waals surface area contributed by atoms with Crippen molar-refractivity contribution in [2.45, 2.75) is 24.6 Å². The summed E-state index contributed by atoms with van der Waals surface area (Å²) in [5.41, 5.74) is 2.58. The number of rotatable bonds is 5. The predicted octanol–water partition coefficient (Wildman–Crippen LogP) is 1.52. The van der Waals surface area contributed by atoms with Crippen LogP contribution in [0.4, 0.5) is 13.2 Å². The number of nitrogens with one attached hydrogen (secondary N) is 1. The van der Waals surface area contributed by atoms with E-state index in [1.807, 2.05) is 0 Å². The molecular formula is C11H15F3N2O3S. The number of alkyl halides is 3. The van der Waals surface area contributed by atoms with Crippen LogP contribution >= 0.6 is 0 Å². The highest BCUT2D eigenvalue weighted by atomic mass is 32.2. The van der Waals surface area contributed by atoms with Crippen molar-refractivity contribution in [1.82, 2.24) is 5.43 Å². The summed E-state index contributed by atoms with van der Waals surface area (Å²) >= 11 is 0. The maximum atomic E-state index is 12.1. The summed E-state index contributed by atoms with van der Waals surface area (Å²) in [4.78, 5) is 0. The average molecular weight is 312 g/mol. The molecule has 0 heterocycles. The normalized spacial score (nSPS) is 15.7. The Morgan fingerprint density at radius 1 is 1.35 bits per heavy atom. The Hall–Kier alpha value is -1.32. The lowest BCUT2D eigenvalue weighted by molar-refractivity contribution is -0.274. The molecular weight excluding hydrogens is 297 g/mol. The molecule has 9 heteroatoms. The van der Waals surface area contributed by atoms with Gasteiger partial charge < -0.3 is 4.74 Å². The van der Waals surface area contributed by atoms with Crippen LogP contribution in [0.1, 0.15) is 18.5 Å². The predicted molar refractivity (Wildman–Crippen MR) is 67.5 cm³/mol. The van der Waals surface area contributed by atoms with Crippen molar-refractivity contribution in [2.24, 2.45) is 5.84 Å². The van der Waals surface area contributed by atoms with Crippen LogP contribution in [-0.4, -0.2) is 26.3 Å². The van der Waals surface area contributed by atoms with E-state index in [4.69, 9.17) is 5.84 Å². The van der Waals surface area contributed by atoms with Crippen molar-refractivity contribution in [3.8, 4) is 5.75 Å². The first kappa shape index (κ1) is 16.7. The standard InChI is InChI=1S/C11H15F3N2O3S/c1-7(20(2,17)18)10(16-15)8-4-3-5-9(6-8)19-11(12,13)14/h3-7,10,16H,15H2,1-2H3. The van der Waals surface area contributed by atoms with Gasteiger partial charge in [-0.1, -0.05) is 12.1 Å². The minimum Gasteiger partial charge on any atom is -0.406 e. The highest BCUT2D eigenvalue weighted by Crippen LogP contribution is 2.27. The minimum atomic E-state index is -4.81. The van der Waals surface area contributed by atoms with Crippen molar-refractivity contribution in [1.29, 1.82) is 0 Å². The fraction of sp³-hybridized carbons (Fsp3) is 0.455. The molecule has 0 saturated carbocycles. The monoisotopic (exact) mass is 312 g/mol. The molecule has 20 heavy (non-hydrogen) atoms. The molecule has 114 valence electrons. The Balaban J connectivity index is 3.08. The maximum absolute atomic E-state index is 12.1. The summed E-state index contributed by atoms with van der Waals surface area (Å²) in [5.74, 6) is 4.87. The van der Waals surface area contributed by atoms with Crippen LogP contribution in [0.25, 0.3) is 0 Å². The summed E-state index contributed by atoms with van der Waals surface area (Å²) in [6.45, 7) is 1.41. The Morgan fingerprint density at radius 3 is 2.40 bits per heavy atom. The number of ether oxygens (including phenoxy) is 1. The van der Waals surface area contributed by atoms with Gasteiger partial charge in [-0.25, -0.2) is 8.42 Å². The average Bonchev–Trinajstić information content (AvgIpc) is 2.26.